The number of carboxylic acids is 1. The van der Waals surface area contributed by atoms with Crippen LogP contribution in [0.2, 0.25) is 0 Å². The van der Waals surface area contributed by atoms with E-state index in [2.05, 4.69) is 5.32 Å². The molecule has 0 aromatic rings. The summed E-state index contributed by atoms with van der Waals surface area (Å²) in [6, 6.07) is -0.846. The average Bonchev–Trinajstić information content (AvgIpc) is 2.20. The van der Waals surface area contributed by atoms with Crippen molar-refractivity contribution in [1.82, 2.24) is 5.32 Å². The highest BCUT2D eigenvalue weighted by molar-refractivity contribution is 5.74. The third-order valence-electron chi connectivity index (χ3n) is 2.25. The molecule has 0 radical (unpaired) electrons. The Morgan fingerprint density at radius 2 is 2.20 bits per heavy atom. The number of hydrogen-bond donors (Lipinski definition) is 3. The maximum Gasteiger partial charge on any atom is 0.321 e. The molecule has 0 aromatic heterocycles. The molecular weight excluding hydrogens is 198 g/mol. The summed E-state index contributed by atoms with van der Waals surface area (Å²) < 4.78 is 4.75. The molecular formula is C10H15NO4. The van der Waals surface area contributed by atoms with Crippen molar-refractivity contribution in [2.45, 2.75) is 12.1 Å². The maximum atomic E-state index is 11.0. The monoisotopic (exact) mass is 213 g/mol. The van der Waals surface area contributed by atoms with E-state index in [1.807, 2.05) is 0 Å². The van der Waals surface area contributed by atoms with Gasteiger partial charge in [0.15, 0.2) is 0 Å². The van der Waals surface area contributed by atoms with Gasteiger partial charge in [-0.05, 0) is 0 Å². The fourth-order valence-electron chi connectivity index (χ4n) is 1.48. The first-order chi connectivity index (χ1) is 7.16. The lowest BCUT2D eigenvalue weighted by atomic mass is 9.90. The van der Waals surface area contributed by atoms with Crippen LogP contribution in [0, 0.1) is 5.92 Å². The summed E-state index contributed by atoms with van der Waals surface area (Å²) in [6.07, 6.45) is 5.87. The Morgan fingerprint density at radius 3 is 2.73 bits per heavy atom. The van der Waals surface area contributed by atoms with Crippen LogP contribution in [0.4, 0.5) is 0 Å². The molecule has 3 N–H and O–H groups in total. The number of nitrogens with one attached hydrogen (secondary N) is 1. The van der Waals surface area contributed by atoms with Crippen LogP contribution in [0.1, 0.15) is 0 Å². The van der Waals surface area contributed by atoms with Crippen LogP contribution < -0.4 is 5.32 Å². The number of allylic oxidation sites excluding steroid dienone is 2. The molecule has 0 aliphatic heterocycles. The van der Waals surface area contributed by atoms with Crippen molar-refractivity contribution < 1.29 is 19.7 Å². The van der Waals surface area contributed by atoms with Crippen molar-refractivity contribution in [3.63, 3.8) is 0 Å². The van der Waals surface area contributed by atoms with Gasteiger partial charge in [0.25, 0.3) is 0 Å². The summed E-state index contributed by atoms with van der Waals surface area (Å²) in [4.78, 5) is 11.0. The molecule has 5 heteroatoms. The molecule has 0 fully saturated rings. The van der Waals surface area contributed by atoms with Gasteiger partial charge < -0.3 is 14.9 Å². The lowest BCUT2D eigenvalue weighted by Gasteiger charge is -2.26. The zero-order chi connectivity index (χ0) is 11.3. The molecule has 15 heavy (non-hydrogen) atoms. The fraction of sp³-hybridized carbons (Fsp3) is 0.500. The van der Waals surface area contributed by atoms with Crippen molar-refractivity contribution in [2.75, 3.05) is 13.8 Å². The van der Waals surface area contributed by atoms with E-state index < -0.39 is 24.0 Å². The zero-order valence-corrected chi connectivity index (χ0v) is 8.46. The van der Waals surface area contributed by atoms with Crippen LogP contribution in [0.5, 0.6) is 0 Å². The number of rotatable bonds is 5. The molecule has 3 unspecified atom stereocenters. The number of ether oxygens (including phenoxy) is 1. The van der Waals surface area contributed by atoms with E-state index in [-0.39, 0.29) is 6.73 Å². The molecule has 0 saturated heterocycles. The topological polar surface area (TPSA) is 78.8 Å². The summed E-state index contributed by atoms with van der Waals surface area (Å²) in [5, 5.41) is 21.3. The van der Waals surface area contributed by atoms with Gasteiger partial charge in [0.1, 0.15) is 6.04 Å². The Labute approximate surface area is 88.1 Å². The zero-order valence-electron chi connectivity index (χ0n) is 8.46. The molecule has 0 saturated carbocycles. The van der Waals surface area contributed by atoms with E-state index >= 15 is 0 Å². The van der Waals surface area contributed by atoms with E-state index in [1.54, 1.807) is 24.3 Å². The molecule has 0 bridgehead atoms. The van der Waals surface area contributed by atoms with Gasteiger partial charge in [-0.15, -0.1) is 0 Å². The Kier molecular flexibility index (Phi) is 4.48. The number of aliphatic carboxylic acids is 1. The molecule has 0 heterocycles. The van der Waals surface area contributed by atoms with Gasteiger partial charge >= 0.3 is 5.97 Å². The smallest absolute Gasteiger partial charge is 0.321 e. The second-order valence-electron chi connectivity index (χ2n) is 3.29. The van der Waals surface area contributed by atoms with Gasteiger partial charge in [-0.2, -0.15) is 0 Å². The van der Waals surface area contributed by atoms with Gasteiger partial charge in [0.2, 0.25) is 0 Å². The maximum absolute atomic E-state index is 11.0. The van der Waals surface area contributed by atoms with E-state index in [0.29, 0.717) is 0 Å². The third kappa shape index (κ3) is 3.16. The van der Waals surface area contributed by atoms with Gasteiger partial charge in [-0.3, -0.25) is 10.1 Å². The molecule has 5 nitrogen and oxygen atoms in total. The molecule has 1 aliphatic carbocycles. The summed E-state index contributed by atoms with van der Waals surface area (Å²) in [5.74, 6) is -1.47. The normalized spacial score (nSPS) is 26.5. The molecule has 1 aliphatic rings. The Balaban J connectivity index is 2.66. The first-order valence-corrected chi connectivity index (χ1v) is 4.65. The molecule has 0 amide bonds. The number of aliphatic hydroxyl groups is 1. The first-order valence-electron chi connectivity index (χ1n) is 4.65. The molecule has 0 spiro atoms. The highest BCUT2D eigenvalue weighted by Gasteiger charge is 2.30. The van der Waals surface area contributed by atoms with Crippen molar-refractivity contribution in [2.24, 2.45) is 5.92 Å². The van der Waals surface area contributed by atoms with E-state index in [9.17, 15) is 9.90 Å². The minimum Gasteiger partial charge on any atom is -0.480 e. The van der Waals surface area contributed by atoms with Crippen molar-refractivity contribution in [1.29, 1.82) is 0 Å². The van der Waals surface area contributed by atoms with Crippen LogP contribution in [0.15, 0.2) is 24.3 Å². The molecule has 1 rings (SSSR count). The SMILES string of the molecule is COCNC(C(=O)O)C1C=CC=CC1O. The summed E-state index contributed by atoms with van der Waals surface area (Å²) in [5.41, 5.74) is 0. The number of carboxylic acid groups (broad SMARTS) is 1. The quantitative estimate of drug-likeness (QED) is 0.548. The lowest BCUT2D eigenvalue weighted by molar-refractivity contribution is -0.142. The minimum absolute atomic E-state index is 0.137. The van der Waals surface area contributed by atoms with E-state index in [1.165, 1.54) is 7.11 Å². The average molecular weight is 213 g/mol. The highest BCUT2D eigenvalue weighted by atomic mass is 16.5. The fourth-order valence-corrected chi connectivity index (χ4v) is 1.48. The van der Waals surface area contributed by atoms with Gasteiger partial charge in [-0.1, -0.05) is 24.3 Å². The second-order valence-corrected chi connectivity index (χ2v) is 3.29. The summed E-state index contributed by atoms with van der Waals surface area (Å²) in [6.45, 7) is 0.137. The van der Waals surface area contributed by atoms with Gasteiger partial charge in [0.05, 0.1) is 12.8 Å². The Bertz CT molecular complexity index is 275. The molecule has 84 valence electrons. The molecule has 3 atom stereocenters. The lowest BCUT2D eigenvalue weighted by Crippen LogP contribution is -2.47. The number of methoxy groups -OCH3 is 1. The Morgan fingerprint density at radius 1 is 1.53 bits per heavy atom. The largest absolute Gasteiger partial charge is 0.480 e. The Hall–Kier alpha value is -1.17. The predicted molar refractivity (Wildman–Crippen MR) is 54.2 cm³/mol. The van der Waals surface area contributed by atoms with Crippen LogP contribution in [0.25, 0.3) is 0 Å². The summed E-state index contributed by atoms with van der Waals surface area (Å²) >= 11 is 0. The molecule has 0 aromatic carbocycles. The summed E-state index contributed by atoms with van der Waals surface area (Å²) in [7, 11) is 1.47. The predicted octanol–water partition coefficient (Wildman–Crippen LogP) is -0.264. The number of aliphatic hydroxyl groups excluding tert-OH is 1. The van der Waals surface area contributed by atoms with Crippen molar-refractivity contribution in [3.8, 4) is 0 Å². The van der Waals surface area contributed by atoms with Gasteiger partial charge in [-0.25, -0.2) is 0 Å². The van der Waals surface area contributed by atoms with E-state index in [0.717, 1.165) is 0 Å². The van der Waals surface area contributed by atoms with E-state index in [4.69, 9.17) is 9.84 Å². The van der Waals surface area contributed by atoms with Gasteiger partial charge in [0, 0.05) is 13.0 Å². The highest BCUT2D eigenvalue weighted by Crippen LogP contribution is 2.17. The van der Waals surface area contributed by atoms with Crippen LogP contribution in [-0.4, -0.2) is 42.2 Å². The standard InChI is InChI=1S/C10H15NO4/c1-15-6-11-9(10(13)14)7-4-2-3-5-8(7)12/h2-5,7-9,11-12H,6H2,1H3,(H,13,14). The van der Waals surface area contributed by atoms with Crippen LogP contribution >= 0.6 is 0 Å². The number of carbonyl (C=O) groups is 1. The first kappa shape index (κ1) is 11.9. The number of hydrogen-bond acceptors (Lipinski definition) is 4. The second kappa shape index (κ2) is 5.65. The van der Waals surface area contributed by atoms with Crippen molar-refractivity contribution >= 4 is 5.97 Å². The van der Waals surface area contributed by atoms with Crippen LogP contribution in [-0.2, 0) is 9.53 Å². The van der Waals surface area contributed by atoms with Crippen LogP contribution in [0.3, 0.4) is 0 Å². The third-order valence-corrected chi connectivity index (χ3v) is 2.25. The minimum atomic E-state index is -1.00. The van der Waals surface area contributed by atoms with Crippen molar-refractivity contribution in [3.05, 3.63) is 24.3 Å².